The fourth-order valence-electron chi connectivity index (χ4n) is 4.11. The molecule has 0 saturated carbocycles. The molecule has 0 N–H and O–H groups in total. The van der Waals surface area contributed by atoms with Crippen LogP contribution in [-0.4, -0.2) is 41.0 Å². The number of benzene rings is 2. The summed E-state index contributed by atoms with van der Waals surface area (Å²) in [6, 6.07) is 17.6. The van der Waals surface area contributed by atoms with Gasteiger partial charge >= 0.3 is 5.97 Å². The van der Waals surface area contributed by atoms with Crippen LogP contribution in [0.4, 0.5) is 0 Å². The summed E-state index contributed by atoms with van der Waals surface area (Å²) in [6.45, 7) is 3.79. The maximum atomic E-state index is 13.5. The van der Waals surface area contributed by atoms with Crippen molar-refractivity contribution in [3.8, 4) is 0 Å². The Morgan fingerprint density at radius 2 is 1.90 bits per heavy atom. The molecule has 30 heavy (non-hydrogen) atoms. The second kappa shape index (κ2) is 8.92. The molecule has 2 aromatic carbocycles. The van der Waals surface area contributed by atoms with Crippen molar-refractivity contribution in [2.75, 3.05) is 19.7 Å². The van der Waals surface area contributed by atoms with Crippen molar-refractivity contribution >= 4 is 34.4 Å². The second-order valence-corrected chi connectivity index (χ2v) is 8.08. The molecule has 2 heterocycles. The van der Waals surface area contributed by atoms with Gasteiger partial charge in [0.2, 0.25) is 0 Å². The fourth-order valence-corrected chi connectivity index (χ4v) is 4.23. The number of fused-ring (bicyclic) bond motifs is 1. The number of hydrogen-bond acceptors (Lipinski definition) is 3. The Labute approximate surface area is 181 Å². The molecular weight excluding hydrogens is 400 g/mol. The van der Waals surface area contributed by atoms with Gasteiger partial charge in [0, 0.05) is 35.6 Å². The number of ether oxygens (including phenoxy) is 1. The normalized spacial score (nSPS) is 16.6. The Balaban J connectivity index is 1.65. The third-order valence-electron chi connectivity index (χ3n) is 5.61. The highest BCUT2D eigenvalue weighted by atomic mass is 35.5. The van der Waals surface area contributed by atoms with Crippen LogP contribution in [0.25, 0.3) is 10.9 Å². The van der Waals surface area contributed by atoms with Crippen LogP contribution in [0.2, 0.25) is 5.02 Å². The van der Waals surface area contributed by atoms with Crippen LogP contribution in [0.3, 0.4) is 0 Å². The summed E-state index contributed by atoms with van der Waals surface area (Å²) in [5.74, 6) is -0.511. The van der Waals surface area contributed by atoms with Gasteiger partial charge in [-0.3, -0.25) is 9.59 Å². The zero-order chi connectivity index (χ0) is 21.1. The van der Waals surface area contributed by atoms with Crippen molar-refractivity contribution < 1.29 is 14.3 Å². The van der Waals surface area contributed by atoms with E-state index in [0.717, 1.165) is 29.3 Å². The number of para-hydroxylation sites is 1. The molecule has 1 atom stereocenters. The van der Waals surface area contributed by atoms with Crippen molar-refractivity contribution in [2.45, 2.75) is 26.3 Å². The minimum atomic E-state index is -0.253. The van der Waals surface area contributed by atoms with Gasteiger partial charge in [-0.15, -0.1) is 0 Å². The van der Waals surface area contributed by atoms with Gasteiger partial charge in [0.15, 0.2) is 0 Å². The van der Waals surface area contributed by atoms with E-state index in [4.69, 9.17) is 16.3 Å². The summed E-state index contributed by atoms with van der Waals surface area (Å²) in [4.78, 5) is 27.5. The number of carbonyl (C=O) groups excluding carboxylic acids is 2. The Morgan fingerprint density at radius 3 is 2.67 bits per heavy atom. The molecule has 0 aliphatic carbocycles. The summed E-state index contributed by atoms with van der Waals surface area (Å²) in [6.07, 6.45) is 1.56. The summed E-state index contributed by atoms with van der Waals surface area (Å²) in [5, 5.41) is 1.71. The number of hydrogen-bond donors (Lipinski definition) is 0. The molecule has 1 unspecified atom stereocenters. The molecule has 3 aromatic rings. The topological polar surface area (TPSA) is 51.5 Å². The first kappa shape index (κ1) is 20.5. The van der Waals surface area contributed by atoms with Gasteiger partial charge in [-0.1, -0.05) is 41.9 Å². The first-order chi connectivity index (χ1) is 14.6. The van der Waals surface area contributed by atoms with Gasteiger partial charge in [-0.2, -0.15) is 0 Å². The van der Waals surface area contributed by atoms with E-state index in [0.29, 0.717) is 37.0 Å². The van der Waals surface area contributed by atoms with Crippen molar-refractivity contribution in [3.05, 3.63) is 70.9 Å². The number of esters is 1. The minimum Gasteiger partial charge on any atom is -0.466 e. The van der Waals surface area contributed by atoms with Crippen LogP contribution in [-0.2, 0) is 16.1 Å². The van der Waals surface area contributed by atoms with Gasteiger partial charge in [0.05, 0.1) is 12.5 Å². The van der Waals surface area contributed by atoms with Crippen molar-refractivity contribution in [2.24, 2.45) is 5.92 Å². The number of aromatic nitrogens is 1. The first-order valence-electron chi connectivity index (χ1n) is 10.4. The highest BCUT2D eigenvalue weighted by Gasteiger charge is 2.31. The van der Waals surface area contributed by atoms with E-state index in [1.54, 1.807) is 11.8 Å². The molecule has 0 radical (unpaired) electrons. The molecule has 6 heteroatoms. The monoisotopic (exact) mass is 424 g/mol. The third kappa shape index (κ3) is 4.21. The molecule has 5 nitrogen and oxygen atoms in total. The van der Waals surface area contributed by atoms with E-state index < -0.39 is 0 Å². The molecule has 1 aromatic heterocycles. The minimum absolute atomic E-state index is 0.0471. The van der Waals surface area contributed by atoms with Crippen molar-refractivity contribution in [1.29, 1.82) is 0 Å². The highest BCUT2D eigenvalue weighted by molar-refractivity contribution is 6.30. The molecule has 1 saturated heterocycles. The van der Waals surface area contributed by atoms with Crippen LogP contribution >= 0.6 is 11.6 Å². The summed E-state index contributed by atoms with van der Waals surface area (Å²) >= 11 is 6.03. The number of rotatable bonds is 5. The average Bonchev–Trinajstić information content (AvgIpc) is 3.13. The summed E-state index contributed by atoms with van der Waals surface area (Å²) in [7, 11) is 0. The van der Waals surface area contributed by atoms with Gasteiger partial charge < -0.3 is 14.2 Å². The predicted molar refractivity (Wildman–Crippen MR) is 118 cm³/mol. The van der Waals surface area contributed by atoms with E-state index in [2.05, 4.69) is 4.57 Å². The van der Waals surface area contributed by atoms with Crippen LogP contribution < -0.4 is 0 Å². The second-order valence-electron chi connectivity index (χ2n) is 7.64. The number of halogens is 1. The Kier molecular flexibility index (Phi) is 6.09. The lowest BCUT2D eigenvalue weighted by Crippen LogP contribution is -2.43. The van der Waals surface area contributed by atoms with Crippen LogP contribution in [0, 0.1) is 5.92 Å². The van der Waals surface area contributed by atoms with E-state index in [9.17, 15) is 9.59 Å². The number of piperidine rings is 1. The zero-order valence-electron chi connectivity index (χ0n) is 17.0. The smallest absolute Gasteiger partial charge is 0.310 e. The summed E-state index contributed by atoms with van der Waals surface area (Å²) in [5.41, 5.74) is 2.71. The van der Waals surface area contributed by atoms with Crippen LogP contribution in [0.5, 0.6) is 0 Å². The third-order valence-corrected chi connectivity index (χ3v) is 5.86. The highest BCUT2D eigenvalue weighted by Crippen LogP contribution is 2.25. The Hall–Kier alpha value is -2.79. The van der Waals surface area contributed by atoms with E-state index in [1.165, 1.54) is 0 Å². The average molecular weight is 425 g/mol. The fraction of sp³-hybridized carbons (Fsp3) is 0.333. The Bertz CT molecular complexity index is 1060. The largest absolute Gasteiger partial charge is 0.466 e. The number of carbonyl (C=O) groups is 2. The number of amides is 1. The van der Waals surface area contributed by atoms with Crippen LogP contribution in [0.1, 0.15) is 35.8 Å². The molecule has 1 amide bonds. The molecular formula is C24H25ClN2O3. The zero-order valence-corrected chi connectivity index (χ0v) is 17.8. The molecule has 0 spiro atoms. The molecule has 1 aliphatic rings. The van der Waals surface area contributed by atoms with Gasteiger partial charge in [-0.25, -0.2) is 0 Å². The van der Waals surface area contributed by atoms with E-state index in [1.807, 2.05) is 54.6 Å². The first-order valence-corrected chi connectivity index (χ1v) is 10.7. The standard InChI is InChI=1S/C24H25ClN2O3/c1-2-30-24(29)19-7-5-13-26(16-19)23(28)22-14-18-6-3-4-8-21(18)27(22)15-17-9-11-20(25)12-10-17/h3-4,6,8-12,14,19H,2,5,7,13,15-16H2,1H3. The molecule has 4 rings (SSSR count). The van der Waals surface area contributed by atoms with Crippen molar-refractivity contribution in [3.63, 3.8) is 0 Å². The predicted octanol–water partition coefficient (Wildman–Crippen LogP) is 4.76. The quantitative estimate of drug-likeness (QED) is 0.555. The number of nitrogens with zero attached hydrogens (tertiary/aromatic N) is 2. The Morgan fingerprint density at radius 1 is 1.13 bits per heavy atom. The molecule has 156 valence electrons. The maximum absolute atomic E-state index is 13.5. The SMILES string of the molecule is CCOC(=O)C1CCCN(C(=O)c2cc3ccccc3n2Cc2ccc(Cl)cc2)C1. The van der Waals surface area contributed by atoms with Crippen molar-refractivity contribution in [1.82, 2.24) is 9.47 Å². The van der Waals surface area contributed by atoms with E-state index in [-0.39, 0.29) is 17.8 Å². The molecule has 0 bridgehead atoms. The molecule has 1 aliphatic heterocycles. The van der Waals surface area contributed by atoms with Gasteiger partial charge in [0.25, 0.3) is 5.91 Å². The van der Waals surface area contributed by atoms with Gasteiger partial charge in [-0.05, 0) is 49.6 Å². The van der Waals surface area contributed by atoms with Crippen LogP contribution in [0.15, 0.2) is 54.6 Å². The summed E-state index contributed by atoms with van der Waals surface area (Å²) < 4.78 is 7.23. The molecule has 1 fully saturated rings. The lowest BCUT2D eigenvalue weighted by atomic mass is 9.98. The van der Waals surface area contributed by atoms with Gasteiger partial charge in [0.1, 0.15) is 5.69 Å². The van der Waals surface area contributed by atoms with E-state index >= 15 is 0 Å². The number of likely N-dealkylation sites (tertiary alicyclic amines) is 1. The maximum Gasteiger partial charge on any atom is 0.310 e. The lowest BCUT2D eigenvalue weighted by Gasteiger charge is -2.31. The lowest BCUT2D eigenvalue weighted by molar-refractivity contribution is -0.149.